The van der Waals surface area contributed by atoms with Gasteiger partial charge in [-0.05, 0) is 131 Å². The number of carbonyl (C=O) groups excluding carboxylic acids is 5. The van der Waals surface area contributed by atoms with E-state index in [4.69, 9.17) is 5.73 Å². The molecule has 392 valence electrons. The minimum absolute atomic E-state index is 0.0362. The van der Waals surface area contributed by atoms with Crippen LogP contribution in [0.1, 0.15) is 85.5 Å². The van der Waals surface area contributed by atoms with E-state index in [0.717, 1.165) is 61.8 Å². The molecular weight excluding hydrogens is 969 g/mol. The number of fused-ring (bicyclic) bond motifs is 3. The van der Waals surface area contributed by atoms with Gasteiger partial charge in [-0.2, -0.15) is 15.0 Å². The average molecular weight is 1030 g/mol. The largest absolute Gasteiger partial charge is 0.399 e. The number of nitrogens with two attached hydrogens (primary N) is 1. The summed E-state index contributed by atoms with van der Waals surface area (Å²) >= 11 is 0. The number of hydrogen-bond acceptors (Lipinski definition) is 15. The van der Waals surface area contributed by atoms with Gasteiger partial charge in [0.1, 0.15) is 17.1 Å². The number of rotatable bonds is 9. The molecule has 23 nitrogen and oxygen atoms in total. The van der Waals surface area contributed by atoms with Crippen LogP contribution in [-0.4, -0.2) is 145 Å². The smallest absolute Gasteiger partial charge is 0.272 e. The molecule has 0 aliphatic heterocycles. The summed E-state index contributed by atoms with van der Waals surface area (Å²) in [6.07, 6.45) is 0.424. The molecule has 0 saturated carbocycles. The van der Waals surface area contributed by atoms with Gasteiger partial charge in [-0.1, -0.05) is 6.92 Å². The number of benzene rings is 3. The fourth-order valence-corrected chi connectivity index (χ4v) is 7.77. The number of carbonyl (C=O) groups is 5. The Kier molecular flexibility index (Phi) is 15.9. The Bertz CT molecular complexity index is 3740. The molecule has 0 fully saturated rings. The highest BCUT2D eigenvalue weighted by Gasteiger charge is 2.20. The SMILES string of the molecule is CC(=O)Nc1ccc(-c2nc3nc(C(=O)N(C)C)cc(C)n3n2)c(C)c1.CCC(=O)Nc1ccc(-c2nc3nc(C(=O)N(C)C)cc(C)n3n2)c(C)c1.Cc1cc(N)ccc1-c1nc2nc(C(=O)N(C)C)cc(C)n2n1. The van der Waals surface area contributed by atoms with E-state index in [2.05, 4.69) is 55.8 Å². The van der Waals surface area contributed by atoms with E-state index in [1.807, 2.05) is 97.0 Å². The lowest BCUT2D eigenvalue weighted by atomic mass is 10.1. The Morgan fingerprint density at radius 2 is 0.803 bits per heavy atom. The van der Waals surface area contributed by atoms with Gasteiger partial charge >= 0.3 is 0 Å². The first-order valence-corrected chi connectivity index (χ1v) is 24.0. The molecule has 76 heavy (non-hydrogen) atoms. The molecule has 0 aliphatic rings. The van der Waals surface area contributed by atoms with Crippen LogP contribution in [0.25, 0.3) is 51.5 Å². The zero-order valence-electron chi connectivity index (χ0n) is 45.0. The van der Waals surface area contributed by atoms with Crippen LogP contribution in [0.4, 0.5) is 17.1 Å². The first-order valence-electron chi connectivity index (χ1n) is 24.0. The summed E-state index contributed by atoms with van der Waals surface area (Å²) in [6, 6.07) is 21.8. The molecule has 6 heterocycles. The minimum atomic E-state index is -0.184. The van der Waals surface area contributed by atoms with Crippen LogP contribution >= 0.6 is 0 Å². The number of aromatic nitrogens is 12. The van der Waals surface area contributed by atoms with Gasteiger partial charge in [0.05, 0.1) is 0 Å². The molecule has 0 radical (unpaired) electrons. The van der Waals surface area contributed by atoms with E-state index in [1.165, 1.54) is 21.6 Å². The quantitative estimate of drug-likeness (QED) is 0.135. The van der Waals surface area contributed by atoms with E-state index in [9.17, 15) is 24.0 Å². The summed E-state index contributed by atoms with van der Waals surface area (Å²) in [5.74, 6) is 2.05. The van der Waals surface area contributed by atoms with Crippen LogP contribution in [0.5, 0.6) is 0 Å². The number of hydrogen-bond donors (Lipinski definition) is 3. The summed E-state index contributed by atoms with van der Waals surface area (Å²) < 4.78 is 4.87. The number of amides is 5. The monoisotopic (exact) mass is 1030 g/mol. The minimum Gasteiger partial charge on any atom is -0.399 e. The van der Waals surface area contributed by atoms with Gasteiger partial charge in [0.25, 0.3) is 35.1 Å². The molecule has 0 saturated heterocycles. The van der Waals surface area contributed by atoms with Crippen molar-refractivity contribution in [2.24, 2.45) is 0 Å². The van der Waals surface area contributed by atoms with Crippen molar-refractivity contribution in [3.63, 3.8) is 0 Å². The van der Waals surface area contributed by atoms with Gasteiger partial charge in [-0.25, -0.2) is 28.5 Å². The molecule has 6 aromatic heterocycles. The number of nitrogens with zero attached hydrogens (tertiary/aromatic N) is 15. The highest BCUT2D eigenvalue weighted by Crippen LogP contribution is 2.27. The number of aryl methyl sites for hydroxylation is 6. The van der Waals surface area contributed by atoms with E-state index in [0.29, 0.717) is 64.0 Å². The second-order valence-electron chi connectivity index (χ2n) is 18.6. The highest BCUT2D eigenvalue weighted by molar-refractivity contribution is 5.94. The summed E-state index contributed by atoms with van der Waals surface area (Å²) in [7, 11) is 10.1. The van der Waals surface area contributed by atoms with Crippen LogP contribution < -0.4 is 16.4 Å². The third kappa shape index (κ3) is 11.9. The van der Waals surface area contributed by atoms with Crippen molar-refractivity contribution < 1.29 is 24.0 Å². The summed E-state index contributed by atoms with van der Waals surface area (Å²) in [4.78, 5) is 90.1. The third-order valence-corrected chi connectivity index (χ3v) is 11.7. The van der Waals surface area contributed by atoms with Gasteiger partial charge in [0, 0.05) is 106 Å². The Labute approximate surface area is 438 Å². The van der Waals surface area contributed by atoms with Gasteiger partial charge in [0.2, 0.25) is 11.8 Å². The standard InChI is InChI=1S/C19H22N6O2.C18H20N6O2.C16H18N6O/c1-6-16(26)20-13-7-8-14(11(2)9-13)17-22-19-21-15(18(27)24(4)5)10-12(3)25(19)23-17;1-10-8-13(19-12(3)25)6-7-14(10)16-21-18-20-15(17(26)23(4)5)9-11(2)24(18)22-16;1-9-7-11(17)5-6-12(9)14-19-16-18-13(15(23)21(3)4)8-10(2)22(16)20-14/h7-10H,6H2,1-5H3,(H,20,26);6-9H,1-5H3,(H,19,25);5-8H,17H2,1-4H3. The predicted octanol–water partition coefficient (Wildman–Crippen LogP) is 6.22. The molecule has 0 unspecified atom stereocenters. The molecular formula is C53H60N18O5. The van der Waals surface area contributed by atoms with Gasteiger partial charge < -0.3 is 31.1 Å². The molecule has 9 rings (SSSR count). The molecule has 9 aromatic rings. The van der Waals surface area contributed by atoms with Crippen molar-refractivity contribution in [2.75, 3.05) is 58.7 Å². The molecule has 0 atom stereocenters. The van der Waals surface area contributed by atoms with E-state index in [1.54, 1.807) is 80.1 Å². The number of nitrogens with one attached hydrogen (secondary N) is 2. The van der Waals surface area contributed by atoms with Crippen LogP contribution in [0.2, 0.25) is 0 Å². The second kappa shape index (κ2) is 22.3. The Hall–Kier alpha value is -9.54. The molecule has 0 bridgehead atoms. The van der Waals surface area contributed by atoms with Crippen molar-refractivity contribution in [3.05, 3.63) is 124 Å². The zero-order valence-corrected chi connectivity index (χ0v) is 45.0. The first-order chi connectivity index (χ1) is 35.9. The maximum Gasteiger partial charge on any atom is 0.272 e. The van der Waals surface area contributed by atoms with Crippen molar-refractivity contribution in [1.29, 1.82) is 0 Å². The third-order valence-electron chi connectivity index (χ3n) is 11.7. The number of anilines is 3. The van der Waals surface area contributed by atoms with Crippen LogP contribution in [-0.2, 0) is 9.59 Å². The van der Waals surface area contributed by atoms with Crippen LogP contribution in [0.15, 0.2) is 72.8 Å². The fraction of sp³-hybridized carbons (Fsp3) is 0.283. The molecule has 5 amide bonds. The number of nitrogen functional groups attached to an aromatic ring is 1. The normalized spacial score (nSPS) is 10.9. The van der Waals surface area contributed by atoms with E-state index >= 15 is 0 Å². The van der Waals surface area contributed by atoms with E-state index < -0.39 is 0 Å². The van der Waals surface area contributed by atoms with Gasteiger partial charge in [-0.15, -0.1) is 15.3 Å². The predicted molar refractivity (Wildman–Crippen MR) is 289 cm³/mol. The molecule has 4 N–H and O–H groups in total. The van der Waals surface area contributed by atoms with E-state index in [-0.39, 0.29) is 29.5 Å². The van der Waals surface area contributed by atoms with Crippen LogP contribution in [0, 0.1) is 41.5 Å². The lowest BCUT2D eigenvalue weighted by molar-refractivity contribution is -0.116. The molecule has 0 spiro atoms. The van der Waals surface area contributed by atoms with Crippen molar-refractivity contribution in [3.8, 4) is 34.2 Å². The Balaban J connectivity index is 0.000000166. The lowest BCUT2D eigenvalue weighted by Gasteiger charge is -2.09. The molecule has 23 heteroatoms. The maximum absolute atomic E-state index is 12.2. The van der Waals surface area contributed by atoms with Crippen LogP contribution in [0.3, 0.4) is 0 Å². The van der Waals surface area contributed by atoms with Gasteiger partial charge in [0.15, 0.2) is 17.5 Å². The van der Waals surface area contributed by atoms with Crippen molar-refractivity contribution in [1.82, 2.24) is 73.4 Å². The van der Waals surface area contributed by atoms with Crippen molar-refractivity contribution in [2.45, 2.75) is 61.8 Å². The first kappa shape index (κ1) is 54.2. The highest BCUT2D eigenvalue weighted by atomic mass is 16.2. The molecule has 3 aromatic carbocycles. The summed E-state index contributed by atoms with van der Waals surface area (Å²) in [5, 5.41) is 19.1. The summed E-state index contributed by atoms with van der Waals surface area (Å²) in [5.41, 5.74) is 16.7. The average Bonchev–Trinajstić information content (AvgIpc) is 4.11. The van der Waals surface area contributed by atoms with Gasteiger partial charge in [-0.3, -0.25) is 24.0 Å². The Morgan fingerprint density at radius 3 is 1.11 bits per heavy atom. The fourth-order valence-electron chi connectivity index (χ4n) is 7.77. The second-order valence-corrected chi connectivity index (χ2v) is 18.6. The molecule has 0 aliphatic carbocycles. The Morgan fingerprint density at radius 1 is 0.474 bits per heavy atom. The lowest BCUT2D eigenvalue weighted by Crippen LogP contribution is -2.23. The maximum atomic E-state index is 12.2. The summed E-state index contributed by atoms with van der Waals surface area (Å²) in [6.45, 7) is 14.7. The topological polar surface area (TPSA) is 274 Å². The zero-order chi connectivity index (χ0) is 55.4. The van der Waals surface area contributed by atoms with Crippen molar-refractivity contribution >= 4 is 63.9 Å².